The van der Waals surface area contributed by atoms with E-state index in [-0.39, 0.29) is 6.42 Å². The van der Waals surface area contributed by atoms with Crippen LogP contribution in [0, 0.1) is 0 Å². The van der Waals surface area contributed by atoms with E-state index in [0.29, 0.717) is 19.4 Å². The summed E-state index contributed by atoms with van der Waals surface area (Å²) in [5, 5.41) is 13.7. The predicted molar refractivity (Wildman–Crippen MR) is 77.9 cm³/mol. The molecular weight excluding hydrogens is 290 g/mol. The highest BCUT2D eigenvalue weighted by Gasteiger charge is 2.46. The van der Waals surface area contributed by atoms with E-state index in [4.69, 9.17) is 4.74 Å². The van der Waals surface area contributed by atoms with Gasteiger partial charge in [-0.3, -0.25) is 4.90 Å². The summed E-state index contributed by atoms with van der Waals surface area (Å²) in [6, 6.07) is 3.75. The van der Waals surface area contributed by atoms with Gasteiger partial charge in [0.2, 0.25) is 0 Å². The van der Waals surface area contributed by atoms with Crippen LogP contribution < -0.4 is 5.11 Å². The molecule has 1 aromatic rings. The number of rotatable bonds is 3. The van der Waals surface area contributed by atoms with Crippen LogP contribution in [0.5, 0.6) is 0 Å². The SMILES string of the molecule is CC(C)(C)OC(=O)N1CCC[C@@]1(Cc1cccs1)C(=O)[O-]. The van der Waals surface area contributed by atoms with Crippen molar-refractivity contribution in [2.24, 2.45) is 0 Å². The highest BCUT2D eigenvalue weighted by molar-refractivity contribution is 7.09. The zero-order valence-corrected chi connectivity index (χ0v) is 13.4. The minimum absolute atomic E-state index is 0.270. The lowest BCUT2D eigenvalue weighted by molar-refractivity contribution is -0.317. The lowest BCUT2D eigenvalue weighted by atomic mass is 9.91. The average Bonchev–Trinajstić information content (AvgIpc) is 2.96. The Balaban J connectivity index is 2.26. The minimum Gasteiger partial charge on any atom is -0.548 e. The van der Waals surface area contributed by atoms with E-state index in [0.717, 1.165) is 4.88 Å². The van der Waals surface area contributed by atoms with Crippen molar-refractivity contribution in [2.45, 2.75) is 51.2 Å². The Morgan fingerprint density at radius 2 is 2.19 bits per heavy atom. The number of thiophene rings is 1. The van der Waals surface area contributed by atoms with Crippen molar-refractivity contribution in [3.8, 4) is 0 Å². The highest BCUT2D eigenvalue weighted by atomic mass is 32.1. The summed E-state index contributed by atoms with van der Waals surface area (Å²) >= 11 is 1.48. The van der Waals surface area contributed by atoms with E-state index in [1.54, 1.807) is 20.8 Å². The number of hydrogen-bond donors (Lipinski definition) is 0. The Bertz CT molecular complexity index is 520. The smallest absolute Gasteiger partial charge is 0.411 e. The van der Waals surface area contributed by atoms with E-state index in [2.05, 4.69) is 0 Å². The predicted octanol–water partition coefficient (Wildman–Crippen LogP) is 1.81. The molecule has 1 aliphatic rings. The van der Waals surface area contributed by atoms with Crippen molar-refractivity contribution >= 4 is 23.4 Å². The minimum atomic E-state index is -1.30. The maximum atomic E-state index is 12.3. The van der Waals surface area contributed by atoms with Crippen LogP contribution in [0.1, 0.15) is 38.5 Å². The molecule has 1 amide bonds. The van der Waals surface area contributed by atoms with Gasteiger partial charge in [0.15, 0.2) is 0 Å². The molecule has 2 heterocycles. The van der Waals surface area contributed by atoms with Crippen LogP contribution in [0.2, 0.25) is 0 Å². The number of carboxylic acids is 1. The summed E-state index contributed by atoms with van der Waals surface area (Å²) in [4.78, 5) is 26.4. The zero-order valence-electron chi connectivity index (χ0n) is 12.5. The molecule has 0 bridgehead atoms. The number of likely N-dealkylation sites (tertiary alicyclic amines) is 1. The summed E-state index contributed by atoms with van der Waals surface area (Å²) < 4.78 is 5.35. The first kappa shape index (κ1) is 15.8. The molecule has 1 atom stereocenters. The van der Waals surface area contributed by atoms with Gasteiger partial charge in [0.1, 0.15) is 5.60 Å². The van der Waals surface area contributed by atoms with E-state index in [9.17, 15) is 14.7 Å². The van der Waals surface area contributed by atoms with E-state index >= 15 is 0 Å². The van der Waals surface area contributed by atoms with Gasteiger partial charge in [0, 0.05) is 17.8 Å². The molecule has 5 nitrogen and oxygen atoms in total. The molecule has 116 valence electrons. The number of amides is 1. The first-order valence-corrected chi connectivity index (χ1v) is 7.87. The Labute approximate surface area is 128 Å². The van der Waals surface area contributed by atoms with E-state index in [1.807, 2.05) is 17.5 Å². The molecule has 6 heteroatoms. The summed E-state index contributed by atoms with van der Waals surface area (Å²) in [6.45, 7) is 5.68. The van der Waals surface area contributed by atoms with Crippen LogP contribution in [-0.2, 0) is 16.0 Å². The molecule has 2 rings (SSSR count). The van der Waals surface area contributed by atoms with Crippen LogP contribution in [0.15, 0.2) is 17.5 Å². The lowest BCUT2D eigenvalue weighted by Gasteiger charge is -2.39. The molecule has 0 saturated carbocycles. The number of carboxylic acid groups (broad SMARTS) is 1. The van der Waals surface area contributed by atoms with Crippen molar-refractivity contribution in [2.75, 3.05) is 6.54 Å². The van der Waals surface area contributed by atoms with Gasteiger partial charge in [-0.15, -0.1) is 11.3 Å². The van der Waals surface area contributed by atoms with E-state index in [1.165, 1.54) is 16.2 Å². The van der Waals surface area contributed by atoms with Gasteiger partial charge < -0.3 is 14.6 Å². The Hall–Kier alpha value is -1.56. The second kappa shape index (κ2) is 5.67. The summed E-state index contributed by atoms with van der Waals surface area (Å²) in [5.41, 5.74) is -1.95. The van der Waals surface area contributed by atoms with Gasteiger partial charge in [-0.1, -0.05) is 6.07 Å². The number of ether oxygens (including phenoxy) is 1. The van der Waals surface area contributed by atoms with Crippen LogP contribution >= 0.6 is 11.3 Å². The molecule has 0 N–H and O–H groups in total. The maximum Gasteiger partial charge on any atom is 0.411 e. The Morgan fingerprint density at radius 3 is 2.71 bits per heavy atom. The van der Waals surface area contributed by atoms with Crippen molar-refractivity contribution in [3.05, 3.63) is 22.4 Å². The van der Waals surface area contributed by atoms with Crippen molar-refractivity contribution in [1.82, 2.24) is 4.90 Å². The molecule has 1 fully saturated rings. The molecule has 0 unspecified atom stereocenters. The lowest BCUT2D eigenvalue weighted by Crippen LogP contribution is -2.60. The molecule has 0 spiro atoms. The molecule has 21 heavy (non-hydrogen) atoms. The Morgan fingerprint density at radius 1 is 1.48 bits per heavy atom. The maximum absolute atomic E-state index is 12.3. The molecule has 0 aromatic carbocycles. The van der Waals surface area contributed by atoms with Gasteiger partial charge in [0.05, 0.1) is 11.5 Å². The van der Waals surface area contributed by atoms with Crippen LogP contribution in [0.25, 0.3) is 0 Å². The van der Waals surface area contributed by atoms with Crippen LogP contribution in [0.3, 0.4) is 0 Å². The molecule has 1 aliphatic heterocycles. The number of nitrogens with zero attached hydrogens (tertiary/aromatic N) is 1. The second-order valence-electron chi connectivity index (χ2n) is 6.31. The van der Waals surface area contributed by atoms with Crippen LogP contribution in [-0.4, -0.2) is 34.6 Å². The highest BCUT2D eigenvalue weighted by Crippen LogP contribution is 2.34. The first-order valence-electron chi connectivity index (χ1n) is 6.99. The largest absolute Gasteiger partial charge is 0.548 e. The molecule has 0 aliphatic carbocycles. The average molecular weight is 310 g/mol. The monoisotopic (exact) mass is 310 g/mol. The summed E-state index contributed by atoms with van der Waals surface area (Å²) in [6.07, 6.45) is 0.720. The third kappa shape index (κ3) is 3.37. The topological polar surface area (TPSA) is 69.7 Å². The van der Waals surface area contributed by atoms with Crippen LogP contribution in [0.4, 0.5) is 4.79 Å². The summed E-state index contributed by atoms with van der Waals surface area (Å²) in [5.74, 6) is -1.21. The van der Waals surface area contributed by atoms with Crippen molar-refractivity contribution in [3.63, 3.8) is 0 Å². The number of carbonyl (C=O) groups excluding carboxylic acids is 2. The third-order valence-corrected chi connectivity index (χ3v) is 4.41. The normalized spacial score (nSPS) is 22.3. The Kier molecular flexibility index (Phi) is 4.27. The van der Waals surface area contributed by atoms with Gasteiger partial charge in [-0.05, 0) is 45.1 Å². The quantitative estimate of drug-likeness (QED) is 0.854. The first-order chi connectivity index (χ1) is 9.74. The fourth-order valence-electron chi connectivity index (χ4n) is 2.63. The van der Waals surface area contributed by atoms with Gasteiger partial charge in [0.25, 0.3) is 0 Å². The second-order valence-corrected chi connectivity index (χ2v) is 7.34. The molecule has 1 aromatic heterocycles. The molecule has 1 saturated heterocycles. The van der Waals surface area contributed by atoms with Gasteiger partial charge in [-0.25, -0.2) is 4.79 Å². The standard InChI is InChI=1S/C15H21NO4S/c1-14(2,3)20-13(19)16-8-5-7-15(16,12(17)18)10-11-6-4-9-21-11/h4,6,9H,5,7-8,10H2,1-3H3,(H,17,18)/p-1/t15-/m1/s1. The fraction of sp³-hybridized carbons (Fsp3) is 0.600. The zero-order chi connectivity index (χ0) is 15.7. The summed E-state index contributed by atoms with van der Waals surface area (Å²) in [7, 11) is 0. The van der Waals surface area contributed by atoms with Crippen molar-refractivity contribution in [1.29, 1.82) is 0 Å². The number of carbonyl (C=O) groups is 2. The van der Waals surface area contributed by atoms with Gasteiger partial charge in [-0.2, -0.15) is 0 Å². The van der Waals surface area contributed by atoms with Crippen molar-refractivity contribution < 1.29 is 19.4 Å². The fourth-order valence-corrected chi connectivity index (χ4v) is 3.44. The molecule has 0 radical (unpaired) electrons. The van der Waals surface area contributed by atoms with Gasteiger partial charge >= 0.3 is 6.09 Å². The third-order valence-electron chi connectivity index (χ3n) is 3.53. The van der Waals surface area contributed by atoms with E-state index < -0.39 is 23.2 Å². The number of hydrogen-bond acceptors (Lipinski definition) is 5. The molecular formula is C15H20NO4S-. The number of aliphatic carboxylic acids is 1.